The number of rotatable bonds is 5. The number of fused-ring (bicyclic) bond motifs is 1. The quantitative estimate of drug-likeness (QED) is 0.404. The monoisotopic (exact) mass is 478 g/mol. The van der Waals surface area contributed by atoms with Crippen LogP contribution in [0, 0.1) is 6.92 Å². The highest BCUT2D eigenvalue weighted by Crippen LogP contribution is 2.30. The standard InChI is InChI=1S/C27H26N8O/c1-18-5-7-19(8-6-18)26-21(16-33(2)32-26)22-11-12-25-29-24(17-35(25)31-22)30-27(36)23-10-9-20(15-28-23)34-13-3-4-14-34/h5-12,15-17H,3-4,13-14H2,1-2H3,(H,30,36). The summed E-state index contributed by atoms with van der Waals surface area (Å²) in [4.78, 5) is 23.9. The van der Waals surface area contributed by atoms with Gasteiger partial charge >= 0.3 is 0 Å². The number of carbonyl (C=O) groups is 1. The third-order valence-corrected chi connectivity index (χ3v) is 6.44. The van der Waals surface area contributed by atoms with Gasteiger partial charge in [0.25, 0.3) is 5.91 Å². The lowest BCUT2D eigenvalue weighted by Gasteiger charge is -2.16. The summed E-state index contributed by atoms with van der Waals surface area (Å²) in [7, 11) is 1.90. The van der Waals surface area contributed by atoms with E-state index in [-0.39, 0.29) is 5.91 Å². The first kappa shape index (κ1) is 22.0. The largest absolute Gasteiger partial charge is 0.370 e. The number of anilines is 2. The minimum atomic E-state index is -0.305. The van der Waals surface area contributed by atoms with Crippen molar-refractivity contribution in [3.63, 3.8) is 0 Å². The molecule has 1 saturated heterocycles. The van der Waals surface area contributed by atoms with Crippen LogP contribution in [0.4, 0.5) is 11.5 Å². The van der Waals surface area contributed by atoms with E-state index in [1.165, 1.54) is 18.4 Å². The Labute approximate surface area is 208 Å². The number of nitrogens with zero attached hydrogens (tertiary/aromatic N) is 7. The summed E-state index contributed by atoms with van der Waals surface area (Å²) in [5.41, 5.74) is 6.80. The summed E-state index contributed by atoms with van der Waals surface area (Å²) >= 11 is 0. The van der Waals surface area contributed by atoms with Gasteiger partial charge in [-0.15, -0.1) is 0 Å². The number of hydrogen-bond acceptors (Lipinski definition) is 6. The van der Waals surface area contributed by atoms with Gasteiger partial charge in [-0.25, -0.2) is 14.5 Å². The lowest BCUT2D eigenvalue weighted by Crippen LogP contribution is -2.19. The molecule has 0 spiro atoms. The molecule has 1 N–H and O–H groups in total. The molecule has 0 unspecified atom stereocenters. The molecule has 4 aromatic heterocycles. The topological polar surface area (TPSA) is 93.2 Å². The zero-order chi connectivity index (χ0) is 24.6. The second kappa shape index (κ2) is 8.92. The smallest absolute Gasteiger partial charge is 0.275 e. The van der Waals surface area contributed by atoms with E-state index < -0.39 is 0 Å². The van der Waals surface area contributed by atoms with Crippen molar-refractivity contribution in [1.82, 2.24) is 29.4 Å². The maximum atomic E-state index is 12.8. The van der Waals surface area contributed by atoms with Crippen molar-refractivity contribution >= 4 is 23.1 Å². The van der Waals surface area contributed by atoms with Gasteiger partial charge in [0.05, 0.1) is 23.8 Å². The van der Waals surface area contributed by atoms with Crippen LogP contribution in [-0.4, -0.2) is 48.4 Å². The van der Waals surface area contributed by atoms with Crippen LogP contribution >= 0.6 is 0 Å². The molecule has 6 rings (SSSR count). The number of nitrogens with one attached hydrogen (secondary N) is 1. The first-order valence-corrected chi connectivity index (χ1v) is 12.0. The molecule has 5 heterocycles. The highest BCUT2D eigenvalue weighted by Gasteiger charge is 2.17. The lowest BCUT2D eigenvalue weighted by atomic mass is 10.0. The van der Waals surface area contributed by atoms with Crippen molar-refractivity contribution in [1.29, 1.82) is 0 Å². The maximum Gasteiger partial charge on any atom is 0.275 e. The van der Waals surface area contributed by atoms with Gasteiger partial charge in [0.2, 0.25) is 0 Å². The molecule has 1 aromatic carbocycles. The summed E-state index contributed by atoms with van der Waals surface area (Å²) in [5, 5.41) is 12.2. The maximum absolute atomic E-state index is 12.8. The number of aryl methyl sites for hydroxylation is 2. The Kier molecular flexibility index (Phi) is 5.44. The summed E-state index contributed by atoms with van der Waals surface area (Å²) in [6.07, 6.45) is 7.81. The summed E-state index contributed by atoms with van der Waals surface area (Å²) in [6.45, 7) is 4.14. The minimum absolute atomic E-state index is 0.305. The van der Waals surface area contributed by atoms with Gasteiger partial charge in [-0.2, -0.15) is 10.2 Å². The number of amides is 1. The van der Waals surface area contributed by atoms with E-state index in [2.05, 4.69) is 56.5 Å². The molecule has 180 valence electrons. The summed E-state index contributed by atoms with van der Waals surface area (Å²) < 4.78 is 3.46. The van der Waals surface area contributed by atoms with Gasteiger partial charge in [0, 0.05) is 37.5 Å². The Morgan fingerprint density at radius 1 is 0.944 bits per heavy atom. The minimum Gasteiger partial charge on any atom is -0.370 e. The van der Waals surface area contributed by atoms with E-state index in [1.807, 2.05) is 31.4 Å². The molecule has 1 aliphatic heterocycles. The fourth-order valence-corrected chi connectivity index (χ4v) is 4.55. The highest BCUT2D eigenvalue weighted by atomic mass is 16.1. The van der Waals surface area contributed by atoms with Crippen LogP contribution in [0.1, 0.15) is 28.9 Å². The fraction of sp³-hybridized carbons (Fsp3) is 0.222. The molecule has 36 heavy (non-hydrogen) atoms. The van der Waals surface area contributed by atoms with Crippen LogP contribution in [0.3, 0.4) is 0 Å². The van der Waals surface area contributed by atoms with Crippen LogP contribution in [0.2, 0.25) is 0 Å². The molecule has 0 saturated carbocycles. The predicted octanol–water partition coefficient (Wildman–Crippen LogP) is 4.35. The van der Waals surface area contributed by atoms with E-state index in [0.717, 1.165) is 41.3 Å². The first-order valence-electron chi connectivity index (χ1n) is 12.0. The molecule has 0 bridgehead atoms. The van der Waals surface area contributed by atoms with E-state index in [4.69, 9.17) is 5.10 Å². The molecule has 9 heteroatoms. The third-order valence-electron chi connectivity index (χ3n) is 6.44. The number of benzene rings is 1. The Morgan fingerprint density at radius 2 is 1.75 bits per heavy atom. The van der Waals surface area contributed by atoms with Crippen molar-refractivity contribution in [3.05, 3.63) is 78.4 Å². The fourth-order valence-electron chi connectivity index (χ4n) is 4.55. The summed E-state index contributed by atoms with van der Waals surface area (Å²) in [6, 6.07) is 15.8. The lowest BCUT2D eigenvalue weighted by molar-refractivity contribution is 0.102. The van der Waals surface area contributed by atoms with Gasteiger partial charge in [0.15, 0.2) is 11.5 Å². The molecule has 0 aliphatic carbocycles. The normalized spacial score (nSPS) is 13.4. The molecule has 0 atom stereocenters. The second-order valence-corrected chi connectivity index (χ2v) is 9.13. The highest BCUT2D eigenvalue weighted by molar-refractivity contribution is 6.02. The Balaban J connectivity index is 1.24. The molecule has 0 radical (unpaired) electrons. The van der Waals surface area contributed by atoms with Crippen molar-refractivity contribution < 1.29 is 4.79 Å². The SMILES string of the molecule is Cc1ccc(-c2nn(C)cc2-c2ccc3nc(NC(=O)c4ccc(N5CCCC5)cn4)cn3n2)cc1. The van der Waals surface area contributed by atoms with Crippen molar-refractivity contribution in [2.75, 3.05) is 23.3 Å². The average Bonchev–Trinajstić information content (AvgIpc) is 3.64. The first-order chi connectivity index (χ1) is 17.5. The second-order valence-electron chi connectivity index (χ2n) is 9.13. The number of hydrogen-bond donors (Lipinski definition) is 1. The number of aromatic nitrogens is 6. The molecule has 9 nitrogen and oxygen atoms in total. The van der Waals surface area contributed by atoms with Gasteiger partial charge < -0.3 is 10.2 Å². The molecule has 1 amide bonds. The third kappa shape index (κ3) is 4.19. The number of pyridine rings is 1. The molecule has 1 aliphatic rings. The molecule has 1 fully saturated rings. The van der Waals surface area contributed by atoms with E-state index in [0.29, 0.717) is 17.2 Å². The van der Waals surface area contributed by atoms with Crippen LogP contribution in [0.15, 0.2) is 67.1 Å². The van der Waals surface area contributed by atoms with Gasteiger partial charge in [-0.05, 0) is 44.0 Å². The van der Waals surface area contributed by atoms with Crippen LogP contribution in [0.25, 0.3) is 28.2 Å². The zero-order valence-corrected chi connectivity index (χ0v) is 20.2. The van der Waals surface area contributed by atoms with E-state index in [9.17, 15) is 4.79 Å². The molecule has 5 aromatic rings. The Bertz CT molecular complexity index is 1540. The van der Waals surface area contributed by atoms with Crippen LogP contribution in [0.5, 0.6) is 0 Å². The van der Waals surface area contributed by atoms with E-state index >= 15 is 0 Å². The average molecular weight is 479 g/mol. The van der Waals surface area contributed by atoms with Crippen molar-refractivity contribution in [3.8, 4) is 22.5 Å². The molecular formula is C27H26N8O. The van der Waals surface area contributed by atoms with Gasteiger partial charge in [-0.1, -0.05) is 29.8 Å². The van der Waals surface area contributed by atoms with E-state index in [1.54, 1.807) is 27.7 Å². The van der Waals surface area contributed by atoms with Crippen LogP contribution < -0.4 is 10.2 Å². The van der Waals surface area contributed by atoms with Crippen LogP contribution in [-0.2, 0) is 7.05 Å². The van der Waals surface area contributed by atoms with Gasteiger partial charge in [-0.3, -0.25) is 9.48 Å². The van der Waals surface area contributed by atoms with Gasteiger partial charge in [0.1, 0.15) is 11.4 Å². The zero-order valence-electron chi connectivity index (χ0n) is 20.2. The summed E-state index contributed by atoms with van der Waals surface area (Å²) in [5.74, 6) is 0.112. The predicted molar refractivity (Wildman–Crippen MR) is 139 cm³/mol. The van der Waals surface area contributed by atoms with Crippen molar-refractivity contribution in [2.45, 2.75) is 19.8 Å². The van der Waals surface area contributed by atoms with Crippen molar-refractivity contribution in [2.24, 2.45) is 7.05 Å². The molecular weight excluding hydrogens is 452 g/mol. The number of imidazole rings is 1. The number of carbonyl (C=O) groups excluding carboxylic acids is 1. The Hall–Kier alpha value is -4.53. The Morgan fingerprint density at radius 3 is 2.50 bits per heavy atom.